The lowest BCUT2D eigenvalue weighted by atomic mass is 10.1. The number of methoxy groups -OCH3 is 2. The topological polar surface area (TPSA) is 86.5 Å². The number of nitrogens with one attached hydrogen (secondary N) is 1. The molecule has 0 aliphatic carbocycles. The van der Waals surface area contributed by atoms with Crippen LogP contribution in [0.4, 0.5) is 0 Å². The maximum atomic E-state index is 12.3. The lowest BCUT2D eigenvalue weighted by molar-refractivity contribution is 0.0929. The predicted octanol–water partition coefficient (Wildman–Crippen LogP) is 1.89. The maximum Gasteiger partial charge on any atom is 0.255 e. The van der Waals surface area contributed by atoms with Crippen LogP contribution in [-0.2, 0) is 0 Å². The number of rotatable bonds is 5. The standard InChI is InChI=1S/C14H17N3O4/c1-8(14-16-9(2)17-21-14)15-13(18)11-7-10(19-3)5-6-12(11)20-4/h5-8H,1-4H3,(H,15,18)/t8-/m0/s1. The minimum Gasteiger partial charge on any atom is -0.497 e. The first-order chi connectivity index (χ1) is 10.0. The van der Waals surface area contributed by atoms with Crippen LogP contribution in [0.25, 0.3) is 0 Å². The van der Waals surface area contributed by atoms with Gasteiger partial charge >= 0.3 is 0 Å². The van der Waals surface area contributed by atoms with E-state index in [0.29, 0.717) is 28.8 Å². The molecule has 2 aromatic rings. The Balaban J connectivity index is 2.19. The molecule has 1 N–H and O–H groups in total. The molecule has 112 valence electrons. The third-order valence-electron chi connectivity index (χ3n) is 2.91. The van der Waals surface area contributed by atoms with Gasteiger partial charge in [-0.1, -0.05) is 5.16 Å². The van der Waals surface area contributed by atoms with Crippen molar-refractivity contribution in [3.05, 3.63) is 35.5 Å². The fourth-order valence-electron chi connectivity index (χ4n) is 1.82. The van der Waals surface area contributed by atoms with Crippen molar-refractivity contribution >= 4 is 5.91 Å². The molecule has 1 aromatic heterocycles. The van der Waals surface area contributed by atoms with E-state index in [2.05, 4.69) is 15.5 Å². The first-order valence-corrected chi connectivity index (χ1v) is 6.38. The van der Waals surface area contributed by atoms with E-state index in [9.17, 15) is 4.79 Å². The van der Waals surface area contributed by atoms with Gasteiger partial charge in [-0.2, -0.15) is 4.98 Å². The molecule has 7 nitrogen and oxygen atoms in total. The van der Waals surface area contributed by atoms with Crippen LogP contribution in [0.3, 0.4) is 0 Å². The van der Waals surface area contributed by atoms with Crippen molar-refractivity contribution in [3.8, 4) is 11.5 Å². The van der Waals surface area contributed by atoms with Crippen LogP contribution in [0, 0.1) is 6.92 Å². The molecule has 1 amide bonds. The highest BCUT2D eigenvalue weighted by Gasteiger charge is 2.19. The van der Waals surface area contributed by atoms with E-state index < -0.39 is 6.04 Å². The van der Waals surface area contributed by atoms with Gasteiger partial charge in [-0.3, -0.25) is 4.79 Å². The number of aryl methyl sites for hydroxylation is 1. The Kier molecular flexibility index (Phi) is 4.42. The Bertz CT molecular complexity index is 639. The highest BCUT2D eigenvalue weighted by atomic mass is 16.5. The largest absolute Gasteiger partial charge is 0.497 e. The lowest BCUT2D eigenvalue weighted by Crippen LogP contribution is -2.27. The van der Waals surface area contributed by atoms with E-state index in [-0.39, 0.29) is 5.91 Å². The van der Waals surface area contributed by atoms with Crippen molar-refractivity contribution < 1.29 is 18.8 Å². The zero-order chi connectivity index (χ0) is 15.4. The molecule has 0 spiro atoms. The molecule has 2 rings (SSSR count). The van der Waals surface area contributed by atoms with Gasteiger partial charge in [-0.15, -0.1) is 0 Å². The van der Waals surface area contributed by atoms with E-state index in [4.69, 9.17) is 14.0 Å². The molecule has 0 bridgehead atoms. The van der Waals surface area contributed by atoms with Crippen LogP contribution < -0.4 is 14.8 Å². The number of amides is 1. The second-order valence-corrected chi connectivity index (χ2v) is 4.44. The van der Waals surface area contributed by atoms with Crippen molar-refractivity contribution in [2.24, 2.45) is 0 Å². The van der Waals surface area contributed by atoms with Gasteiger partial charge in [0.1, 0.15) is 17.5 Å². The van der Waals surface area contributed by atoms with Crippen LogP contribution >= 0.6 is 0 Å². The third kappa shape index (κ3) is 3.31. The molecular formula is C14H17N3O4. The molecule has 0 fully saturated rings. The van der Waals surface area contributed by atoms with Gasteiger partial charge in [-0.25, -0.2) is 0 Å². The van der Waals surface area contributed by atoms with Crippen molar-refractivity contribution in [1.29, 1.82) is 0 Å². The Hall–Kier alpha value is -2.57. The van der Waals surface area contributed by atoms with E-state index in [1.807, 2.05) is 0 Å². The average molecular weight is 291 g/mol. The van der Waals surface area contributed by atoms with Gasteiger partial charge in [0.25, 0.3) is 5.91 Å². The summed E-state index contributed by atoms with van der Waals surface area (Å²) >= 11 is 0. The van der Waals surface area contributed by atoms with Crippen molar-refractivity contribution in [3.63, 3.8) is 0 Å². The molecule has 0 aliphatic rings. The van der Waals surface area contributed by atoms with Crippen molar-refractivity contribution in [1.82, 2.24) is 15.5 Å². The minimum absolute atomic E-state index is 0.311. The number of carbonyl (C=O) groups excluding carboxylic acids is 1. The van der Waals surface area contributed by atoms with Crippen molar-refractivity contribution in [2.45, 2.75) is 19.9 Å². The van der Waals surface area contributed by atoms with E-state index in [1.165, 1.54) is 14.2 Å². The molecule has 0 aliphatic heterocycles. The van der Waals surface area contributed by atoms with Gasteiger partial charge in [0.2, 0.25) is 5.89 Å². The Morgan fingerprint density at radius 3 is 2.67 bits per heavy atom. The third-order valence-corrected chi connectivity index (χ3v) is 2.91. The first kappa shape index (κ1) is 14.8. The summed E-state index contributed by atoms with van der Waals surface area (Å²) in [4.78, 5) is 16.4. The average Bonchev–Trinajstić information content (AvgIpc) is 2.93. The quantitative estimate of drug-likeness (QED) is 0.905. The zero-order valence-electron chi connectivity index (χ0n) is 12.3. The molecule has 0 saturated heterocycles. The van der Waals surface area contributed by atoms with E-state index >= 15 is 0 Å². The smallest absolute Gasteiger partial charge is 0.255 e. The summed E-state index contributed by atoms with van der Waals surface area (Å²) in [6, 6.07) is 4.60. The number of nitrogens with zero attached hydrogens (tertiary/aromatic N) is 2. The Morgan fingerprint density at radius 2 is 2.10 bits per heavy atom. The molecule has 7 heteroatoms. The molecule has 0 saturated carbocycles. The maximum absolute atomic E-state index is 12.3. The monoisotopic (exact) mass is 291 g/mol. The molecule has 1 heterocycles. The molecule has 1 aromatic carbocycles. The minimum atomic E-state index is -0.408. The summed E-state index contributed by atoms with van der Waals surface area (Å²) in [6.45, 7) is 3.48. The molecule has 0 unspecified atom stereocenters. The van der Waals surface area contributed by atoms with Gasteiger partial charge in [0.05, 0.1) is 19.8 Å². The predicted molar refractivity (Wildman–Crippen MR) is 74.5 cm³/mol. The second kappa shape index (κ2) is 6.25. The van der Waals surface area contributed by atoms with Gasteiger partial charge < -0.3 is 19.3 Å². The highest BCUT2D eigenvalue weighted by molar-refractivity contribution is 5.97. The highest BCUT2D eigenvalue weighted by Crippen LogP contribution is 2.24. The normalized spacial score (nSPS) is 11.8. The molecule has 1 atom stereocenters. The van der Waals surface area contributed by atoms with Crippen LogP contribution in [0.1, 0.15) is 35.0 Å². The Labute approximate surface area is 122 Å². The van der Waals surface area contributed by atoms with E-state index in [0.717, 1.165) is 0 Å². The molecular weight excluding hydrogens is 274 g/mol. The summed E-state index contributed by atoms with van der Waals surface area (Å²) in [7, 11) is 3.04. The number of carbonyl (C=O) groups is 1. The van der Waals surface area contributed by atoms with E-state index in [1.54, 1.807) is 32.0 Å². The molecule has 0 radical (unpaired) electrons. The van der Waals surface area contributed by atoms with Gasteiger partial charge in [0.15, 0.2) is 5.82 Å². The Morgan fingerprint density at radius 1 is 1.33 bits per heavy atom. The fourth-order valence-corrected chi connectivity index (χ4v) is 1.82. The number of aromatic nitrogens is 2. The van der Waals surface area contributed by atoms with Crippen molar-refractivity contribution in [2.75, 3.05) is 14.2 Å². The van der Waals surface area contributed by atoms with Gasteiger partial charge in [0, 0.05) is 0 Å². The number of hydrogen-bond donors (Lipinski definition) is 1. The summed E-state index contributed by atoms with van der Waals surface area (Å²) in [5.74, 6) is 1.59. The van der Waals surface area contributed by atoms with Crippen LogP contribution in [0.15, 0.2) is 22.7 Å². The zero-order valence-corrected chi connectivity index (χ0v) is 12.3. The van der Waals surface area contributed by atoms with Gasteiger partial charge in [-0.05, 0) is 32.0 Å². The first-order valence-electron chi connectivity index (χ1n) is 6.38. The van der Waals surface area contributed by atoms with Crippen LogP contribution in [0.2, 0.25) is 0 Å². The van der Waals surface area contributed by atoms with Crippen LogP contribution in [0.5, 0.6) is 11.5 Å². The number of ether oxygens (including phenoxy) is 2. The summed E-state index contributed by atoms with van der Waals surface area (Å²) in [6.07, 6.45) is 0. The SMILES string of the molecule is COc1ccc(OC)c(C(=O)N[C@@H](C)c2nc(C)no2)c1. The summed E-state index contributed by atoms with van der Waals surface area (Å²) < 4.78 is 15.3. The fraction of sp³-hybridized carbons (Fsp3) is 0.357. The van der Waals surface area contributed by atoms with Crippen LogP contribution in [-0.4, -0.2) is 30.3 Å². The number of benzene rings is 1. The number of hydrogen-bond acceptors (Lipinski definition) is 6. The summed E-state index contributed by atoms with van der Waals surface area (Å²) in [5.41, 5.74) is 0.375. The summed E-state index contributed by atoms with van der Waals surface area (Å²) in [5, 5.41) is 6.48. The molecule has 21 heavy (non-hydrogen) atoms. The lowest BCUT2D eigenvalue weighted by Gasteiger charge is -2.13. The second-order valence-electron chi connectivity index (χ2n) is 4.44.